The predicted molar refractivity (Wildman–Crippen MR) is 126 cm³/mol. The Morgan fingerprint density at radius 3 is 2.44 bits per heavy atom. The molecule has 0 aliphatic rings. The molecule has 11 heteroatoms. The van der Waals surface area contributed by atoms with Crippen molar-refractivity contribution in [2.24, 2.45) is 0 Å². The minimum absolute atomic E-state index is 0.00501. The van der Waals surface area contributed by atoms with E-state index in [0.29, 0.717) is 5.69 Å². The number of nitrogens with one attached hydrogen (secondary N) is 1. The molecule has 0 fully saturated rings. The van der Waals surface area contributed by atoms with Crippen molar-refractivity contribution in [2.75, 3.05) is 32.1 Å². The van der Waals surface area contributed by atoms with Crippen LogP contribution in [0.1, 0.15) is 17.5 Å². The fourth-order valence-corrected chi connectivity index (χ4v) is 3.10. The van der Waals surface area contributed by atoms with Crippen LogP contribution in [0.3, 0.4) is 0 Å². The van der Waals surface area contributed by atoms with Crippen molar-refractivity contribution in [2.45, 2.75) is 26.8 Å². The van der Waals surface area contributed by atoms with Crippen LogP contribution in [0.4, 0.5) is 18.9 Å². The number of aryl methyl sites for hydroxylation is 1. The number of rotatable bonds is 11. The average Bonchev–Trinajstić information content (AvgIpc) is 3.25. The quantitative estimate of drug-likeness (QED) is 0.429. The highest BCUT2D eigenvalue weighted by Gasteiger charge is 2.13. The molecule has 36 heavy (non-hydrogen) atoms. The SMILES string of the molecule is Cc1ccc(OCCC(=O)Nc2cnn(CC(=O)N(C)CCOc3cc(F)c(C)c(F)c3)c2)c(F)c1. The summed E-state index contributed by atoms with van der Waals surface area (Å²) in [5, 5.41) is 6.69. The fraction of sp³-hybridized carbons (Fsp3) is 0.320. The van der Waals surface area contributed by atoms with Crippen LogP contribution in [0.15, 0.2) is 42.7 Å². The van der Waals surface area contributed by atoms with Gasteiger partial charge in [0.1, 0.15) is 30.5 Å². The molecule has 2 amide bonds. The lowest BCUT2D eigenvalue weighted by molar-refractivity contribution is -0.131. The number of aromatic nitrogens is 2. The summed E-state index contributed by atoms with van der Waals surface area (Å²) in [6.45, 7) is 3.22. The Morgan fingerprint density at radius 1 is 1.03 bits per heavy atom. The predicted octanol–water partition coefficient (Wildman–Crippen LogP) is 3.86. The maximum Gasteiger partial charge on any atom is 0.244 e. The number of likely N-dealkylation sites (N-methyl/N-ethyl adjacent to an activating group) is 1. The highest BCUT2D eigenvalue weighted by molar-refractivity contribution is 5.90. The molecule has 0 aliphatic carbocycles. The van der Waals surface area contributed by atoms with Gasteiger partial charge in [0.15, 0.2) is 11.6 Å². The minimum atomic E-state index is -0.705. The van der Waals surface area contributed by atoms with E-state index in [0.717, 1.165) is 17.7 Å². The Kier molecular flexibility index (Phi) is 8.93. The third-order valence-electron chi connectivity index (χ3n) is 5.26. The highest BCUT2D eigenvalue weighted by atomic mass is 19.1. The summed E-state index contributed by atoms with van der Waals surface area (Å²) in [7, 11) is 1.56. The number of hydrogen-bond acceptors (Lipinski definition) is 5. The second-order valence-corrected chi connectivity index (χ2v) is 8.18. The zero-order valence-electron chi connectivity index (χ0n) is 20.2. The van der Waals surface area contributed by atoms with E-state index >= 15 is 0 Å². The molecule has 1 aromatic heterocycles. The largest absolute Gasteiger partial charge is 0.492 e. The Hall–Kier alpha value is -4.02. The summed E-state index contributed by atoms with van der Waals surface area (Å²) in [6, 6.07) is 6.75. The summed E-state index contributed by atoms with van der Waals surface area (Å²) in [6.07, 6.45) is 2.89. The van der Waals surface area contributed by atoms with Crippen molar-refractivity contribution in [3.63, 3.8) is 0 Å². The molecule has 0 saturated heterocycles. The number of halogens is 3. The van der Waals surface area contributed by atoms with Gasteiger partial charge in [-0.15, -0.1) is 0 Å². The number of nitrogens with zero attached hydrogens (tertiary/aromatic N) is 3. The Morgan fingerprint density at radius 2 is 1.75 bits per heavy atom. The second kappa shape index (κ2) is 12.1. The smallest absolute Gasteiger partial charge is 0.244 e. The van der Waals surface area contributed by atoms with E-state index < -0.39 is 17.5 Å². The summed E-state index contributed by atoms with van der Waals surface area (Å²) in [4.78, 5) is 25.9. The number of benzene rings is 2. The van der Waals surface area contributed by atoms with Crippen LogP contribution in [-0.4, -0.2) is 53.3 Å². The van der Waals surface area contributed by atoms with Crippen LogP contribution in [0.25, 0.3) is 0 Å². The zero-order valence-corrected chi connectivity index (χ0v) is 20.2. The first-order valence-corrected chi connectivity index (χ1v) is 11.2. The molecule has 8 nitrogen and oxygen atoms in total. The van der Waals surface area contributed by atoms with Crippen LogP contribution in [-0.2, 0) is 16.1 Å². The van der Waals surface area contributed by atoms with E-state index in [1.165, 1.54) is 41.0 Å². The molecule has 0 saturated carbocycles. The standard InChI is InChI=1S/C25H27F3N4O4/c1-16-4-5-23(22(28)10-16)36-8-6-24(33)30-18-13-29-32(14-18)15-25(34)31(3)7-9-35-19-11-20(26)17(2)21(27)12-19/h4-5,10-14H,6-9,15H2,1-3H3,(H,30,33). The minimum Gasteiger partial charge on any atom is -0.492 e. The van der Waals surface area contributed by atoms with E-state index in [9.17, 15) is 22.8 Å². The van der Waals surface area contributed by atoms with Gasteiger partial charge in [0.05, 0.1) is 31.5 Å². The van der Waals surface area contributed by atoms with Crippen molar-refractivity contribution in [1.29, 1.82) is 0 Å². The topological polar surface area (TPSA) is 85.7 Å². The van der Waals surface area contributed by atoms with Crippen molar-refractivity contribution >= 4 is 17.5 Å². The molecule has 0 radical (unpaired) electrons. The number of anilines is 1. The van der Waals surface area contributed by atoms with Crippen LogP contribution in [0, 0.1) is 31.3 Å². The lowest BCUT2D eigenvalue weighted by Crippen LogP contribution is -2.33. The molecule has 0 atom stereocenters. The first-order chi connectivity index (χ1) is 17.1. The third kappa shape index (κ3) is 7.49. The van der Waals surface area contributed by atoms with Gasteiger partial charge in [-0.1, -0.05) is 6.07 Å². The van der Waals surface area contributed by atoms with Gasteiger partial charge in [-0.3, -0.25) is 14.3 Å². The molecule has 1 heterocycles. The van der Waals surface area contributed by atoms with Gasteiger partial charge < -0.3 is 19.7 Å². The molecule has 0 aliphatic heterocycles. The number of amides is 2. The van der Waals surface area contributed by atoms with Crippen LogP contribution < -0.4 is 14.8 Å². The van der Waals surface area contributed by atoms with Crippen molar-refractivity contribution in [3.8, 4) is 11.5 Å². The molecule has 0 spiro atoms. The van der Waals surface area contributed by atoms with Gasteiger partial charge in [0.25, 0.3) is 0 Å². The molecule has 192 valence electrons. The molecule has 3 aromatic rings. The molecular formula is C25H27F3N4O4. The Labute approximate surface area is 206 Å². The van der Waals surface area contributed by atoms with Crippen molar-refractivity contribution < 1.29 is 32.2 Å². The van der Waals surface area contributed by atoms with E-state index in [1.807, 2.05) is 0 Å². The Bertz CT molecular complexity index is 1210. The highest BCUT2D eigenvalue weighted by Crippen LogP contribution is 2.20. The van der Waals surface area contributed by atoms with Crippen LogP contribution in [0.2, 0.25) is 0 Å². The van der Waals surface area contributed by atoms with E-state index in [2.05, 4.69) is 10.4 Å². The summed E-state index contributed by atoms with van der Waals surface area (Å²) in [5.74, 6) is -2.42. The fourth-order valence-electron chi connectivity index (χ4n) is 3.10. The molecule has 0 bridgehead atoms. The van der Waals surface area contributed by atoms with Crippen LogP contribution in [0.5, 0.6) is 11.5 Å². The zero-order chi connectivity index (χ0) is 26.2. The van der Waals surface area contributed by atoms with Gasteiger partial charge in [0, 0.05) is 30.9 Å². The monoisotopic (exact) mass is 504 g/mol. The van der Waals surface area contributed by atoms with Gasteiger partial charge in [-0.05, 0) is 31.5 Å². The molecule has 3 rings (SSSR count). The molecule has 1 N–H and O–H groups in total. The van der Waals surface area contributed by atoms with Gasteiger partial charge in [0.2, 0.25) is 11.8 Å². The maximum absolute atomic E-state index is 13.8. The molecular weight excluding hydrogens is 477 g/mol. The normalized spacial score (nSPS) is 10.7. The Balaban J connectivity index is 1.39. The number of carbonyl (C=O) groups excluding carboxylic acids is 2. The number of ether oxygens (including phenoxy) is 2. The number of carbonyl (C=O) groups is 2. The summed E-state index contributed by atoms with van der Waals surface area (Å²) in [5.41, 5.74) is 1.07. The van der Waals surface area contributed by atoms with Crippen LogP contribution >= 0.6 is 0 Å². The molecule has 2 aromatic carbocycles. The lowest BCUT2D eigenvalue weighted by atomic mass is 10.2. The lowest BCUT2D eigenvalue weighted by Gasteiger charge is -2.17. The maximum atomic E-state index is 13.8. The van der Waals surface area contributed by atoms with Gasteiger partial charge in [-0.2, -0.15) is 5.10 Å². The van der Waals surface area contributed by atoms with E-state index in [1.54, 1.807) is 20.0 Å². The first kappa shape index (κ1) is 26.6. The average molecular weight is 505 g/mol. The van der Waals surface area contributed by atoms with E-state index in [4.69, 9.17) is 9.47 Å². The van der Waals surface area contributed by atoms with Gasteiger partial charge >= 0.3 is 0 Å². The van der Waals surface area contributed by atoms with Crippen molar-refractivity contribution in [3.05, 3.63) is 71.3 Å². The van der Waals surface area contributed by atoms with E-state index in [-0.39, 0.29) is 61.6 Å². The first-order valence-electron chi connectivity index (χ1n) is 11.2. The second-order valence-electron chi connectivity index (χ2n) is 8.18. The molecule has 0 unspecified atom stereocenters. The summed E-state index contributed by atoms with van der Waals surface area (Å²) >= 11 is 0. The number of hydrogen-bond donors (Lipinski definition) is 1. The third-order valence-corrected chi connectivity index (χ3v) is 5.26. The summed E-state index contributed by atoms with van der Waals surface area (Å²) < 4.78 is 53.0. The van der Waals surface area contributed by atoms with Gasteiger partial charge in [-0.25, -0.2) is 13.2 Å². The van der Waals surface area contributed by atoms with Crippen molar-refractivity contribution in [1.82, 2.24) is 14.7 Å².